The molecule has 0 atom stereocenters. The van der Waals surface area contributed by atoms with Crippen LogP contribution in [0.1, 0.15) is 43.6 Å². The second-order valence-corrected chi connectivity index (χ2v) is 9.15. The van der Waals surface area contributed by atoms with Crippen LogP contribution in [-0.4, -0.2) is 69.5 Å². The minimum absolute atomic E-state index is 0.00363. The molecule has 1 aromatic carbocycles. The topological polar surface area (TPSA) is 82.8 Å². The summed E-state index contributed by atoms with van der Waals surface area (Å²) in [4.78, 5) is 36.0. The minimum Gasteiger partial charge on any atom is -0.338 e. The molecule has 1 saturated carbocycles. The van der Waals surface area contributed by atoms with Gasteiger partial charge in [-0.25, -0.2) is 0 Å². The standard InChI is InChI=1S/C23H29N5O3/c1-17-6-2-3-7-18(17)21-24-19(31-25-21)15-26-10-12-27(13-11-26)16-28-20(29)14-23(22(28)30)8-4-5-9-23/h2-3,6-7H,4-5,8-16H2,1H3. The highest BCUT2D eigenvalue weighted by Crippen LogP contribution is 2.46. The molecule has 31 heavy (non-hydrogen) atoms. The van der Waals surface area contributed by atoms with Gasteiger partial charge in [-0.2, -0.15) is 4.98 Å². The van der Waals surface area contributed by atoms with E-state index < -0.39 is 0 Å². The van der Waals surface area contributed by atoms with Gasteiger partial charge >= 0.3 is 0 Å². The quantitative estimate of drug-likeness (QED) is 0.683. The summed E-state index contributed by atoms with van der Waals surface area (Å²) in [6.07, 6.45) is 4.28. The first-order valence-electron chi connectivity index (χ1n) is 11.2. The minimum atomic E-state index is -0.383. The molecule has 1 aromatic heterocycles. The number of hydrogen-bond acceptors (Lipinski definition) is 7. The van der Waals surface area contributed by atoms with Gasteiger partial charge in [0.25, 0.3) is 0 Å². The van der Waals surface area contributed by atoms with Crippen molar-refractivity contribution in [2.75, 3.05) is 32.8 Å². The number of amides is 2. The number of aromatic nitrogens is 2. The predicted octanol–water partition coefficient (Wildman–Crippen LogP) is 2.44. The number of imide groups is 1. The van der Waals surface area contributed by atoms with Gasteiger partial charge < -0.3 is 4.52 Å². The van der Waals surface area contributed by atoms with Crippen molar-refractivity contribution in [3.63, 3.8) is 0 Å². The number of piperazine rings is 1. The van der Waals surface area contributed by atoms with Gasteiger partial charge in [0, 0.05) is 38.2 Å². The van der Waals surface area contributed by atoms with Crippen molar-refractivity contribution in [3.05, 3.63) is 35.7 Å². The summed E-state index contributed by atoms with van der Waals surface area (Å²) in [5.41, 5.74) is 1.72. The van der Waals surface area contributed by atoms with Gasteiger partial charge in [0.05, 0.1) is 18.6 Å². The number of aryl methyl sites for hydroxylation is 1. The van der Waals surface area contributed by atoms with Crippen LogP contribution in [0.5, 0.6) is 0 Å². The Morgan fingerprint density at radius 2 is 1.74 bits per heavy atom. The van der Waals surface area contributed by atoms with E-state index in [9.17, 15) is 9.59 Å². The third kappa shape index (κ3) is 3.90. The maximum absolute atomic E-state index is 12.9. The van der Waals surface area contributed by atoms with Crippen molar-refractivity contribution < 1.29 is 14.1 Å². The lowest BCUT2D eigenvalue weighted by molar-refractivity contribution is -0.144. The Kier molecular flexibility index (Phi) is 5.35. The number of carbonyl (C=O) groups is 2. The summed E-state index contributed by atoms with van der Waals surface area (Å²) < 4.78 is 5.48. The number of carbonyl (C=O) groups excluding carboxylic acids is 2. The number of nitrogens with zero attached hydrogens (tertiary/aromatic N) is 5. The lowest BCUT2D eigenvalue weighted by Gasteiger charge is -2.35. The number of rotatable bonds is 5. The van der Waals surface area contributed by atoms with Crippen LogP contribution in [0.15, 0.2) is 28.8 Å². The van der Waals surface area contributed by atoms with E-state index >= 15 is 0 Å². The van der Waals surface area contributed by atoms with Crippen molar-refractivity contribution in [1.29, 1.82) is 0 Å². The fourth-order valence-corrected chi connectivity index (χ4v) is 5.18. The molecule has 1 aliphatic carbocycles. The Morgan fingerprint density at radius 1 is 1.03 bits per heavy atom. The molecule has 1 spiro atoms. The third-order valence-electron chi connectivity index (χ3n) is 7.07. The first kappa shape index (κ1) is 20.3. The zero-order valence-electron chi connectivity index (χ0n) is 18.0. The van der Waals surface area contributed by atoms with Gasteiger partial charge in [0.1, 0.15) is 0 Å². The van der Waals surface area contributed by atoms with E-state index in [0.717, 1.165) is 63.0 Å². The molecule has 3 fully saturated rings. The van der Waals surface area contributed by atoms with Gasteiger partial charge in [-0.3, -0.25) is 24.3 Å². The second-order valence-electron chi connectivity index (χ2n) is 9.15. The molecule has 0 unspecified atom stereocenters. The molecule has 2 amide bonds. The zero-order chi connectivity index (χ0) is 21.4. The second kappa shape index (κ2) is 8.16. The van der Waals surface area contributed by atoms with Gasteiger partial charge in [0.15, 0.2) is 0 Å². The van der Waals surface area contributed by atoms with Gasteiger partial charge in [-0.05, 0) is 25.3 Å². The van der Waals surface area contributed by atoms with Crippen LogP contribution in [0, 0.1) is 12.3 Å². The summed E-state index contributed by atoms with van der Waals surface area (Å²) in [5, 5.41) is 4.14. The Hall–Kier alpha value is -2.58. The maximum Gasteiger partial charge on any atom is 0.241 e. The summed E-state index contributed by atoms with van der Waals surface area (Å²) in [5.74, 6) is 1.30. The molecule has 3 aliphatic rings. The smallest absolute Gasteiger partial charge is 0.241 e. The molecule has 2 aliphatic heterocycles. The number of benzene rings is 1. The first-order valence-corrected chi connectivity index (χ1v) is 11.2. The van der Waals surface area contributed by atoms with Crippen LogP contribution in [0.4, 0.5) is 0 Å². The SMILES string of the molecule is Cc1ccccc1-c1noc(CN2CCN(CN3C(=O)CC4(CCCC4)C3=O)CC2)n1. The largest absolute Gasteiger partial charge is 0.338 e. The van der Waals surface area contributed by atoms with Crippen LogP contribution < -0.4 is 0 Å². The van der Waals surface area contributed by atoms with Crippen molar-refractivity contribution in [3.8, 4) is 11.4 Å². The Bertz CT molecular complexity index is 973. The molecule has 2 saturated heterocycles. The van der Waals surface area contributed by atoms with E-state index in [-0.39, 0.29) is 17.2 Å². The van der Waals surface area contributed by atoms with E-state index in [1.54, 1.807) is 0 Å². The summed E-state index contributed by atoms with van der Waals surface area (Å²) in [6, 6.07) is 8.01. The summed E-state index contributed by atoms with van der Waals surface area (Å²) >= 11 is 0. The molecule has 3 heterocycles. The highest BCUT2D eigenvalue weighted by atomic mass is 16.5. The average Bonchev–Trinajstić information content (AvgIpc) is 3.48. The van der Waals surface area contributed by atoms with E-state index in [0.29, 0.717) is 31.3 Å². The molecule has 2 aromatic rings. The fraction of sp³-hybridized carbons (Fsp3) is 0.565. The van der Waals surface area contributed by atoms with Crippen molar-refractivity contribution in [2.45, 2.75) is 45.6 Å². The average molecular weight is 424 g/mol. The van der Waals surface area contributed by atoms with Gasteiger partial charge in [0.2, 0.25) is 23.5 Å². The molecular formula is C23H29N5O3. The van der Waals surface area contributed by atoms with Crippen LogP contribution in [0.25, 0.3) is 11.4 Å². The maximum atomic E-state index is 12.9. The summed E-state index contributed by atoms with van der Waals surface area (Å²) in [7, 11) is 0. The van der Waals surface area contributed by atoms with Crippen LogP contribution >= 0.6 is 0 Å². The Morgan fingerprint density at radius 3 is 2.48 bits per heavy atom. The molecule has 0 radical (unpaired) electrons. The van der Waals surface area contributed by atoms with E-state index in [2.05, 4.69) is 19.9 Å². The normalized spacial score (nSPS) is 22.2. The summed E-state index contributed by atoms with van der Waals surface area (Å²) in [6.45, 7) is 6.36. The highest BCUT2D eigenvalue weighted by molar-refractivity contribution is 6.06. The highest BCUT2D eigenvalue weighted by Gasteiger charge is 2.52. The van der Waals surface area contributed by atoms with E-state index in [1.165, 1.54) is 4.90 Å². The van der Waals surface area contributed by atoms with Crippen molar-refractivity contribution in [1.82, 2.24) is 24.8 Å². The lowest BCUT2D eigenvalue weighted by atomic mass is 9.85. The van der Waals surface area contributed by atoms with E-state index in [1.807, 2.05) is 31.2 Å². The van der Waals surface area contributed by atoms with Gasteiger partial charge in [-0.1, -0.05) is 42.3 Å². The Balaban J connectivity index is 1.14. The van der Waals surface area contributed by atoms with Crippen LogP contribution in [0.2, 0.25) is 0 Å². The molecule has 5 rings (SSSR count). The zero-order valence-corrected chi connectivity index (χ0v) is 18.0. The molecule has 0 bridgehead atoms. The van der Waals surface area contributed by atoms with Gasteiger partial charge in [-0.15, -0.1) is 0 Å². The molecule has 164 valence electrons. The molecule has 8 heteroatoms. The van der Waals surface area contributed by atoms with E-state index in [4.69, 9.17) is 4.52 Å². The molecule has 0 N–H and O–H groups in total. The third-order valence-corrected chi connectivity index (χ3v) is 7.07. The van der Waals surface area contributed by atoms with Crippen LogP contribution in [0.3, 0.4) is 0 Å². The predicted molar refractivity (Wildman–Crippen MR) is 114 cm³/mol. The number of hydrogen-bond donors (Lipinski definition) is 0. The van der Waals surface area contributed by atoms with Crippen molar-refractivity contribution in [2.24, 2.45) is 5.41 Å². The lowest BCUT2D eigenvalue weighted by Crippen LogP contribution is -2.51. The fourth-order valence-electron chi connectivity index (χ4n) is 5.18. The number of likely N-dealkylation sites (tertiary alicyclic amines) is 1. The van der Waals surface area contributed by atoms with Crippen molar-refractivity contribution >= 4 is 11.8 Å². The first-order chi connectivity index (χ1) is 15.0. The molecular weight excluding hydrogens is 394 g/mol. The molecule has 8 nitrogen and oxygen atoms in total. The monoisotopic (exact) mass is 423 g/mol. The van der Waals surface area contributed by atoms with Crippen LogP contribution in [-0.2, 0) is 16.1 Å². The Labute approximate surface area is 182 Å².